The minimum Gasteiger partial charge on any atom is -0.351 e. The molecule has 1 aromatic carbocycles. The fourth-order valence-electron chi connectivity index (χ4n) is 3.83. The van der Waals surface area contributed by atoms with Gasteiger partial charge in [-0.1, -0.05) is 54.8 Å². The van der Waals surface area contributed by atoms with Crippen LogP contribution in [-0.2, 0) is 7.05 Å². The summed E-state index contributed by atoms with van der Waals surface area (Å²) >= 11 is 0. The van der Waals surface area contributed by atoms with Crippen molar-refractivity contribution in [1.29, 1.82) is 0 Å². The molecule has 2 aromatic heterocycles. The molecule has 4 rings (SSSR count). The van der Waals surface area contributed by atoms with Crippen molar-refractivity contribution in [2.24, 2.45) is 7.05 Å². The summed E-state index contributed by atoms with van der Waals surface area (Å²) in [5.41, 5.74) is 2.79. The monoisotopic (exact) mass is 364 g/mol. The van der Waals surface area contributed by atoms with Crippen LogP contribution in [0.3, 0.4) is 0 Å². The fourth-order valence-corrected chi connectivity index (χ4v) is 3.83. The number of nitrogens with zero attached hydrogens (tertiary/aromatic N) is 3. The van der Waals surface area contributed by atoms with Gasteiger partial charge in [0.1, 0.15) is 0 Å². The van der Waals surface area contributed by atoms with E-state index in [1.807, 2.05) is 43.4 Å². The van der Waals surface area contributed by atoms with E-state index in [9.17, 15) is 4.79 Å². The normalized spacial score (nSPS) is 16.2. The maximum Gasteiger partial charge on any atom is 0.290 e. The molecule has 1 fully saturated rings. The van der Waals surface area contributed by atoms with Crippen LogP contribution in [-0.4, -0.2) is 20.8 Å². The van der Waals surface area contributed by atoms with Crippen molar-refractivity contribution in [3.05, 3.63) is 71.4 Å². The lowest BCUT2D eigenvalue weighted by atomic mass is 9.87. The highest BCUT2D eigenvalue weighted by Gasteiger charge is 2.25. The Labute approximate surface area is 158 Å². The van der Waals surface area contributed by atoms with Gasteiger partial charge in [0.05, 0.1) is 17.4 Å². The molecule has 1 saturated carbocycles. The molecule has 27 heavy (non-hydrogen) atoms. The van der Waals surface area contributed by atoms with Crippen LogP contribution in [0.15, 0.2) is 53.2 Å². The average molecular weight is 364 g/mol. The number of nitrogens with one attached hydrogen (secondary N) is 1. The predicted molar refractivity (Wildman–Crippen MR) is 101 cm³/mol. The molecule has 0 aliphatic heterocycles. The first kappa shape index (κ1) is 17.5. The van der Waals surface area contributed by atoms with E-state index in [1.54, 1.807) is 16.9 Å². The average Bonchev–Trinajstić information content (AvgIpc) is 3.37. The summed E-state index contributed by atoms with van der Waals surface area (Å²) in [6.45, 7) is 0. The third kappa shape index (κ3) is 3.79. The molecule has 0 saturated heterocycles. The van der Waals surface area contributed by atoms with E-state index in [4.69, 9.17) is 4.52 Å². The summed E-state index contributed by atoms with van der Waals surface area (Å²) in [6, 6.07) is 13.3. The van der Waals surface area contributed by atoms with Crippen LogP contribution in [0.25, 0.3) is 0 Å². The van der Waals surface area contributed by atoms with Gasteiger partial charge in [-0.2, -0.15) is 5.10 Å². The highest BCUT2D eigenvalue weighted by atomic mass is 16.5. The van der Waals surface area contributed by atoms with Gasteiger partial charge in [-0.25, -0.2) is 0 Å². The van der Waals surface area contributed by atoms with E-state index >= 15 is 0 Å². The van der Waals surface area contributed by atoms with Gasteiger partial charge >= 0.3 is 0 Å². The summed E-state index contributed by atoms with van der Waals surface area (Å²) in [5.74, 6) is 0.407. The zero-order chi connectivity index (χ0) is 18.6. The minimum absolute atomic E-state index is 0.263. The van der Waals surface area contributed by atoms with Crippen LogP contribution < -0.4 is 5.32 Å². The lowest BCUT2D eigenvalue weighted by Crippen LogP contribution is -2.30. The number of benzene rings is 1. The van der Waals surface area contributed by atoms with Crippen molar-refractivity contribution >= 4 is 5.91 Å². The second-order valence-corrected chi connectivity index (χ2v) is 7.15. The molecule has 140 valence electrons. The quantitative estimate of drug-likeness (QED) is 0.743. The molecule has 1 N–H and O–H groups in total. The number of carbonyl (C=O) groups excluding carboxylic acids is 1. The predicted octanol–water partition coefficient (Wildman–Crippen LogP) is 3.98. The third-order valence-corrected chi connectivity index (χ3v) is 5.34. The molecular formula is C21H24N4O2. The number of rotatable bonds is 5. The summed E-state index contributed by atoms with van der Waals surface area (Å²) in [4.78, 5) is 12.9. The lowest BCUT2D eigenvalue weighted by Gasteiger charge is -2.19. The number of amides is 1. The van der Waals surface area contributed by atoms with Gasteiger partial charge < -0.3 is 9.84 Å². The molecule has 6 nitrogen and oxygen atoms in total. The number of hydrogen-bond acceptors (Lipinski definition) is 4. The Kier molecular flexibility index (Phi) is 5.05. The Balaban J connectivity index is 1.55. The molecule has 0 spiro atoms. The van der Waals surface area contributed by atoms with Crippen molar-refractivity contribution in [3.8, 4) is 0 Å². The van der Waals surface area contributed by atoms with Crippen LogP contribution in [0.5, 0.6) is 0 Å². The molecular weight excluding hydrogens is 340 g/mol. The van der Waals surface area contributed by atoms with Gasteiger partial charge in [0.2, 0.25) is 5.76 Å². The first-order valence-electron chi connectivity index (χ1n) is 9.52. The second kappa shape index (κ2) is 7.78. The van der Waals surface area contributed by atoms with Crippen LogP contribution in [0, 0.1) is 0 Å². The second-order valence-electron chi connectivity index (χ2n) is 7.15. The molecule has 0 bridgehead atoms. The van der Waals surface area contributed by atoms with Gasteiger partial charge in [-0.15, -0.1) is 0 Å². The summed E-state index contributed by atoms with van der Waals surface area (Å²) in [7, 11) is 1.87. The Morgan fingerprint density at radius 2 is 1.96 bits per heavy atom. The van der Waals surface area contributed by atoms with Crippen LogP contribution in [0.1, 0.15) is 71.6 Å². The topological polar surface area (TPSA) is 73.0 Å². The van der Waals surface area contributed by atoms with Gasteiger partial charge in [0.25, 0.3) is 5.91 Å². The summed E-state index contributed by atoms with van der Waals surface area (Å²) in [5, 5.41) is 11.5. The highest BCUT2D eigenvalue weighted by Crippen LogP contribution is 2.32. The molecule has 1 aliphatic carbocycles. The first-order chi connectivity index (χ1) is 13.2. The molecule has 1 amide bonds. The number of aromatic nitrogens is 3. The van der Waals surface area contributed by atoms with Crippen molar-refractivity contribution in [3.63, 3.8) is 0 Å². The standard InChI is InChI=1S/C21H24N4O2/c1-25-18(12-13-22-25)20(16-10-6-3-7-11-16)23-21(26)19-14-17(24-27-19)15-8-4-2-5-9-15/h3,6-7,10-15,20H,2,4-5,8-9H2,1H3,(H,23,26)/t20-/m0/s1. The number of hydrogen-bond donors (Lipinski definition) is 1. The van der Waals surface area contributed by atoms with Gasteiger partial charge in [-0.05, 0) is 24.5 Å². The zero-order valence-corrected chi connectivity index (χ0v) is 15.5. The van der Waals surface area contributed by atoms with Gasteiger partial charge in [0, 0.05) is 25.2 Å². The maximum atomic E-state index is 12.9. The van der Waals surface area contributed by atoms with Crippen LogP contribution in [0.2, 0.25) is 0 Å². The zero-order valence-electron chi connectivity index (χ0n) is 15.5. The molecule has 0 unspecified atom stereocenters. The van der Waals surface area contributed by atoms with E-state index in [1.165, 1.54) is 19.3 Å². The van der Waals surface area contributed by atoms with Crippen LogP contribution in [0.4, 0.5) is 0 Å². The van der Waals surface area contributed by atoms with Crippen molar-refractivity contribution in [1.82, 2.24) is 20.3 Å². The smallest absolute Gasteiger partial charge is 0.290 e. The van der Waals surface area contributed by atoms with Crippen molar-refractivity contribution in [2.75, 3.05) is 0 Å². The number of aryl methyl sites for hydroxylation is 1. The molecule has 0 radical (unpaired) electrons. The molecule has 3 aromatic rings. The Morgan fingerprint density at radius 1 is 1.19 bits per heavy atom. The Hall–Kier alpha value is -2.89. The molecule has 1 aliphatic rings. The lowest BCUT2D eigenvalue weighted by molar-refractivity contribution is 0.0904. The SMILES string of the molecule is Cn1nccc1[C@@H](NC(=O)c1cc(C2CCCCC2)no1)c1ccccc1. The Morgan fingerprint density at radius 3 is 2.67 bits per heavy atom. The molecule has 2 heterocycles. The van der Waals surface area contributed by atoms with Crippen LogP contribution >= 0.6 is 0 Å². The minimum atomic E-state index is -0.311. The Bertz CT molecular complexity index is 894. The molecule has 1 atom stereocenters. The van der Waals surface area contributed by atoms with Gasteiger partial charge in [-0.3, -0.25) is 9.48 Å². The number of carbonyl (C=O) groups is 1. The van der Waals surface area contributed by atoms with Crippen molar-refractivity contribution < 1.29 is 9.32 Å². The van der Waals surface area contributed by atoms with E-state index in [0.29, 0.717) is 5.92 Å². The van der Waals surface area contributed by atoms with E-state index in [-0.39, 0.29) is 17.7 Å². The first-order valence-corrected chi connectivity index (χ1v) is 9.52. The van der Waals surface area contributed by atoms with E-state index in [0.717, 1.165) is 29.8 Å². The van der Waals surface area contributed by atoms with Gasteiger partial charge in [0.15, 0.2) is 0 Å². The third-order valence-electron chi connectivity index (χ3n) is 5.34. The molecule has 6 heteroatoms. The summed E-state index contributed by atoms with van der Waals surface area (Å²) < 4.78 is 7.15. The van der Waals surface area contributed by atoms with Crippen molar-refractivity contribution in [2.45, 2.75) is 44.1 Å². The fraction of sp³-hybridized carbons (Fsp3) is 0.381. The van der Waals surface area contributed by atoms with E-state index in [2.05, 4.69) is 15.6 Å². The summed E-state index contributed by atoms with van der Waals surface area (Å²) in [6.07, 6.45) is 7.69. The van der Waals surface area contributed by atoms with E-state index < -0.39 is 0 Å². The maximum absolute atomic E-state index is 12.9. The largest absolute Gasteiger partial charge is 0.351 e. The highest BCUT2D eigenvalue weighted by molar-refractivity contribution is 5.92.